The minimum absolute atomic E-state index is 0.329. The summed E-state index contributed by atoms with van der Waals surface area (Å²) in [7, 11) is 0. The van der Waals surface area contributed by atoms with E-state index in [0.29, 0.717) is 6.04 Å². The van der Waals surface area contributed by atoms with E-state index in [1.54, 1.807) is 0 Å². The largest absolute Gasteiger partial charge is 0.381 e. The third kappa shape index (κ3) is 9.84. The highest BCUT2D eigenvalue weighted by Gasteiger charge is 1.97. The zero-order chi connectivity index (χ0) is 9.94. The van der Waals surface area contributed by atoms with Gasteiger partial charge in [0.15, 0.2) is 0 Å². The molecule has 0 aliphatic rings. The molecular formula is C11H25NO. The van der Waals surface area contributed by atoms with E-state index in [1.807, 2.05) is 0 Å². The quantitative estimate of drug-likeness (QED) is 0.563. The van der Waals surface area contributed by atoms with Crippen LogP contribution in [0.2, 0.25) is 0 Å². The Kier molecular flexibility index (Phi) is 9.94. The molecule has 0 rings (SSSR count). The smallest absolute Gasteiger partial charge is 0.0480 e. The minimum Gasteiger partial charge on any atom is -0.381 e. The van der Waals surface area contributed by atoms with E-state index < -0.39 is 0 Å². The molecular weight excluding hydrogens is 162 g/mol. The number of nitrogens with two attached hydrogens (primary N) is 1. The van der Waals surface area contributed by atoms with E-state index in [0.717, 1.165) is 26.1 Å². The molecule has 0 radical (unpaired) electrons. The average molecular weight is 187 g/mol. The van der Waals surface area contributed by atoms with Crippen molar-refractivity contribution in [2.24, 2.45) is 5.73 Å². The van der Waals surface area contributed by atoms with Crippen molar-refractivity contribution in [3.05, 3.63) is 0 Å². The molecule has 0 saturated carbocycles. The number of ether oxygens (including phenoxy) is 1. The monoisotopic (exact) mass is 187 g/mol. The van der Waals surface area contributed by atoms with E-state index >= 15 is 0 Å². The maximum absolute atomic E-state index is 5.76. The summed E-state index contributed by atoms with van der Waals surface area (Å²) in [6.45, 7) is 6.09. The van der Waals surface area contributed by atoms with Crippen LogP contribution in [0.5, 0.6) is 0 Å². The highest BCUT2D eigenvalue weighted by atomic mass is 16.5. The minimum atomic E-state index is 0.329. The summed E-state index contributed by atoms with van der Waals surface area (Å²) in [5, 5.41) is 0. The van der Waals surface area contributed by atoms with E-state index in [4.69, 9.17) is 10.5 Å². The van der Waals surface area contributed by atoms with Gasteiger partial charge in [-0.25, -0.2) is 0 Å². The van der Waals surface area contributed by atoms with Crippen molar-refractivity contribution < 1.29 is 4.74 Å². The molecule has 0 saturated heterocycles. The normalized spacial score (nSPS) is 13.2. The molecule has 0 aliphatic carbocycles. The summed E-state index contributed by atoms with van der Waals surface area (Å²) in [5.41, 5.74) is 5.76. The lowest BCUT2D eigenvalue weighted by Crippen LogP contribution is -2.20. The molecule has 0 aromatic carbocycles. The molecule has 0 aromatic rings. The molecule has 0 heterocycles. The molecule has 0 aromatic heterocycles. The molecule has 1 atom stereocenters. The lowest BCUT2D eigenvalue weighted by Gasteiger charge is -2.08. The molecule has 2 N–H and O–H groups in total. The van der Waals surface area contributed by atoms with Crippen LogP contribution in [0.1, 0.15) is 52.4 Å². The molecule has 13 heavy (non-hydrogen) atoms. The van der Waals surface area contributed by atoms with Gasteiger partial charge in [-0.05, 0) is 19.3 Å². The van der Waals surface area contributed by atoms with Gasteiger partial charge in [0.25, 0.3) is 0 Å². The zero-order valence-electron chi connectivity index (χ0n) is 9.22. The third-order valence-electron chi connectivity index (χ3n) is 2.30. The first-order valence-corrected chi connectivity index (χ1v) is 5.64. The topological polar surface area (TPSA) is 35.2 Å². The number of hydrogen-bond acceptors (Lipinski definition) is 2. The predicted octanol–water partition coefficient (Wildman–Crippen LogP) is 2.71. The molecule has 0 fully saturated rings. The summed E-state index contributed by atoms with van der Waals surface area (Å²) >= 11 is 0. The van der Waals surface area contributed by atoms with Gasteiger partial charge in [0, 0.05) is 19.3 Å². The van der Waals surface area contributed by atoms with Gasteiger partial charge in [0.2, 0.25) is 0 Å². The Labute approximate surface area is 82.8 Å². The van der Waals surface area contributed by atoms with Crippen LogP contribution in [0, 0.1) is 0 Å². The zero-order valence-corrected chi connectivity index (χ0v) is 9.22. The van der Waals surface area contributed by atoms with Gasteiger partial charge in [-0.1, -0.05) is 33.1 Å². The SMILES string of the molecule is CCCCCCOCCC(N)CC. The van der Waals surface area contributed by atoms with Crippen molar-refractivity contribution in [1.82, 2.24) is 0 Å². The number of rotatable bonds is 9. The summed E-state index contributed by atoms with van der Waals surface area (Å²) in [5.74, 6) is 0. The lowest BCUT2D eigenvalue weighted by molar-refractivity contribution is 0.123. The van der Waals surface area contributed by atoms with Crippen molar-refractivity contribution in [3.8, 4) is 0 Å². The Morgan fingerprint density at radius 2 is 1.85 bits per heavy atom. The second-order valence-electron chi connectivity index (χ2n) is 3.63. The van der Waals surface area contributed by atoms with Crippen LogP contribution in [-0.2, 0) is 4.74 Å². The van der Waals surface area contributed by atoms with Crippen molar-refractivity contribution >= 4 is 0 Å². The van der Waals surface area contributed by atoms with Crippen LogP contribution in [0.4, 0.5) is 0 Å². The van der Waals surface area contributed by atoms with E-state index in [2.05, 4.69) is 13.8 Å². The van der Waals surface area contributed by atoms with Crippen molar-refractivity contribution in [2.75, 3.05) is 13.2 Å². The van der Waals surface area contributed by atoms with E-state index in [9.17, 15) is 0 Å². The van der Waals surface area contributed by atoms with Crippen LogP contribution in [0.15, 0.2) is 0 Å². The molecule has 1 unspecified atom stereocenters. The lowest BCUT2D eigenvalue weighted by atomic mass is 10.2. The van der Waals surface area contributed by atoms with Gasteiger partial charge in [0.1, 0.15) is 0 Å². The second kappa shape index (κ2) is 10.0. The standard InChI is InChI=1S/C11H25NO/c1-3-5-6-7-9-13-10-8-11(12)4-2/h11H,3-10,12H2,1-2H3. The summed E-state index contributed by atoms with van der Waals surface area (Å²) in [4.78, 5) is 0. The molecule has 2 nitrogen and oxygen atoms in total. The summed E-state index contributed by atoms with van der Waals surface area (Å²) in [6.07, 6.45) is 7.19. The van der Waals surface area contributed by atoms with Crippen LogP contribution in [0.3, 0.4) is 0 Å². The maximum atomic E-state index is 5.76. The van der Waals surface area contributed by atoms with Gasteiger partial charge < -0.3 is 10.5 Å². The van der Waals surface area contributed by atoms with Gasteiger partial charge in [-0.2, -0.15) is 0 Å². The average Bonchev–Trinajstić information content (AvgIpc) is 2.16. The van der Waals surface area contributed by atoms with Gasteiger partial charge in [0.05, 0.1) is 0 Å². The first kappa shape index (κ1) is 12.9. The first-order chi connectivity index (χ1) is 6.31. The maximum Gasteiger partial charge on any atom is 0.0480 e. The fourth-order valence-electron chi connectivity index (χ4n) is 1.17. The van der Waals surface area contributed by atoms with Gasteiger partial charge in [-0.3, -0.25) is 0 Å². The Balaban J connectivity index is 2.91. The van der Waals surface area contributed by atoms with Crippen LogP contribution >= 0.6 is 0 Å². The number of unbranched alkanes of at least 4 members (excludes halogenated alkanes) is 3. The van der Waals surface area contributed by atoms with Crippen molar-refractivity contribution in [1.29, 1.82) is 0 Å². The van der Waals surface area contributed by atoms with Crippen LogP contribution in [0.25, 0.3) is 0 Å². The first-order valence-electron chi connectivity index (χ1n) is 5.64. The van der Waals surface area contributed by atoms with Crippen molar-refractivity contribution in [3.63, 3.8) is 0 Å². The molecule has 0 bridgehead atoms. The Hall–Kier alpha value is -0.0800. The Bertz CT molecular complexity index is 96.1. The van der Waals surface area contributed by atoms with E-state index in [-0.39, 0.29) is 0 Å². The van der Waals surface area contributed by atoms with Gasteiger partial charge in [-0.15, -0.1) is 0 Å². The predicted molar refractivity (Wildman–Crippen MR) is 57.8 cm³/mol. The number of hydrogen-bond donors (Lipinski definition) is 1. The summed E-state index contributed by atoms with van der Waals surface area (Å²) < 4.78 is 5.47. The van der Waals surface area contributed by atoms with E-state index in [1.165, 1.54) is 25.7 Å². The fraction of sp³-hybridized carbons (Fsp3) is 1.00. The summed E-state index contributed by atoms with van der Waals surface area (Å²) in [6, 6.07) is 0.329. The second-order valence-corrected chi connectivity index (χ2v) is 3.63. The highest BCUT2D eigenvalue weighted by Crippen LogP contribution is 2.00. The molecule has 2 heteroatoms. The Morgan fingerprint density at radius 3 is 2.46 bits per heavy atom. The molecule has 80 valence electrons. The fourth-order valence-corrected chi connectivity index (χ4v) is 1.17. The van der Waals surface area contributed by atoms with Gasteiger partial charge >= 0.3 is 0 Å². The molecule has 0 amide bonds. The molecule has 0 spiro atoms. The molecule has 0 aliphatic heterocycles. The van der Waals surface area contributed by atoms with Crippen molar-refractivity contribution in [2.45, 2.75) is 58.4 Å². The Morgan fingerprint density at radius 1 is 1.08 bits per heavy atom. The van der Waals surface area contributed by atoms with Crippen LogP contribution < -0.4 is 5.73 Å². The van der Waals surface area contributed by atoms with Crippen LogP contribution in [-0.4, -0.2) is 19.3 Å². The highest BCUT2D eigenvalue weighted by molar-refractivity contribution is 4.56. The third-order valence-corrected chi connectivity index (χ3v) is 2.30.